The number of para-hydroxylation sites is 1. The number of anilines is 1. The Morgan fingerprint density at radius 3 is 2.29 bits per heavy atom. The van der Waals surface area contributed by atoms with Gasteiger partial charge in [-0.25, -0.2) is 4.39 Å². The molecule has 4 unspecified atom stereocenters. The minimum absolute atomic E-state index is 0.0362. The summed E-state index contributed by atoms with van der Waals surface area (Å²) in [4.78, 5) is 31.3. The lowest BCUT2D eigenvalue weighted by Crippen LogP contribution is -2.59. The number of benzene rings is 1. The second kappa shape index (κ2) is 20.8. The van der Waals surface area contributed by atoms with Crippen molar-refractivity contribution in [3.8, 4) is 5.75 Å². The number of carbonyl (C=O) groups is 2. The molecule has 15 heteroatoms. The van der Waals surface area contributed by atoms with Crippen molar-refractivity contribution in [2.75, 3.05) is 47.9 Å². The fourth-order valence-corrected chi connectivity index (χ4v) is 12.2. The number of rotatable bonds is 12. The van der Waals surface area contributed by atoms with Crippen LogP contribution in [0, 0.1) is 41.3 Å². The van der Waals surface area contributed by atoms with Gasteiger partial charge in [0.05, 0.1) is 55.8 Å². The predicted molar refractivity (Wildman–Crippen MR) is 231 cm³/mol. The molecule has 6 aliphatic rings. The van der Waals surface area contributed by atoms with Crippen molar-refractivity contribution in [3.63, 3.8) is 0 Å². The second-order valence-corrected chi connectivity index (χ2v) is 19.1. The molecule has 3 aliphatic heterocycles. The first-order valence-electron chi connectivity index (χ1n) is 23.3. The fourth-order valence-electron chi connectivity index (χ4n) is 12.2. The first-order chi connectivity index (χ1) is 30.2. The van der Waals surface area contributed by atoms with Crippen LogP contribution in [0.5, 0.6) is 5.75 Å². The minimum Gasteiger partial charge on any atom is -0.492 e. The highest BCUT2D eigenvalue weighted by Crippen LogP contribution is 2.58. The molecule has 3 aliphatic carbocycles. The topological polar surface area (TPSA) is 153 Å². The predicted octanol–water partition coefficient (Wildman–Crippen LogP) is 5.92. The summed E-state index contributed by atoms with van der Waals surface area (Å²) < 4.78 is 70.8. The zero-order valence-electron chi connectivity index (χ0n) is 38.9. The van der Waals surface area contributed by atoms with Crippen LogP contribution >= 0.6 is 0 Å². The number of esters is 1. The number of hydrogen-bond acceptors (Lipinski definition) is 14. The Hall–Kier alpha value is -2.73. The molecule has 0 amide bonds. The van der Waals surface area contributed by atoms with Gasteiger partial charge in [0.25, 0.3) is 0 Å². The van der Waals surface area contributed by atoms with Crippen LogP contribution in [0.3, 0.4) is 0 Å². The van der Waals surface area contributed by atoms with Gasteiger partial charge in [0, 0.05) is 45.1 Å². The Morgan fingerprint density at radius 1 is 0.889 bits per heavy atom. The molecule has 2 N–H and O–H groups in total. The van der Waals surface area contributed by atoms with Gasteiger partial charge in [0.1, 0.15) is 24.4 Å². The molecule has 19 atom stereocenters. The summed E-state index contributed by atoms with van der Waals surface area (Å²) in [5.41, 5.74) is 0.933. The van der Waals surface area contributed by atoms with Gasteiger partial charge < -0.3 is 58.0 Å². The van der Waals surface area contributed by atoms with Gasteiger partial charge in [0.15, 0.2) is 29.9 Å². The first kappa shape index (κ1) is 48.2. The lowest BCUT2D eigenvalue weighted by Gasteiger charge is -2.47. The van der Waals surface area contributed by atoms with Gasteiger partial charge in [-0.3, -0.25) is 9.59 Å². The SMILES string of the molecule is CC[C@H]1CCC[C@H](O[C@H]2CC[C@H](N(C)C)C(C)O2)[C@@H](C)C(=O)C2=C[C@H]3[C@@H]4C[C@H](O[C@@H]5OC(C)[C@H](OC)C(OC)C5OC)C[C@H]4[C@H](Nc4cccc(F)c4OC)[C@@H](O)[C@H]3[C@@H]2CC(=O)O1. The van der Waals surface area contributed by atoms with Crippen LogP contribution < -0.4 is 10.1 Å². The number of nitrogens with zero attached hydrogens (tertiary/aromatic N) is 1. The molecule has 1 aromatic carbocycles. The van der Waals surface area contributed by atoms with E-state index >= 15 is 9.18 Å². The van der Waals surface area contributed by atoms with E-state index in [9.17, 15) is 9.90 Å². The van der Waals surface area contributed by atoms with Crippen LogP contribution in [0.4, 0.5) is 10.1 Å². The molecule has 0 aromatic heterocycles. The van der Waals surface area contributed by atoms with Gasteiger partial charge >= 0.3 is 5.97 Å². The lowest BCUT2D eigenvalue weighted by molar-refractivity contribution is -0.314. The third kappa shape index (κ3) is 9.88. The van der Waals surface area contributed by atoms with E-state index in [0.717, 1.165) is 12.8 Å². The van der Waals surface area contributed by atoms with E-state index in [0.29, 0.717) is 49.8 Å². The molecule has 7 rings (SSSR count). The zero-order chi connectivity index (χ0) is 45.3. The van der Waals surface area contributed by atoms with E-state index in [2.05, 4.69) is 31.2 Å². The molecule has 0 spiro atoms. The maximum absolute atomic E-state index is 15.2. The smallest absolute Gasteiger partial charge is 0.306 e. The highest BCUT2D eigenvalue weighted by Gasteiger charge is 2.60. The average Bonchev–Trinajstić information content (AvgIpc) is 3.84. The van der Waals surface area contributed by atoms with Crippen molar-refractivity contribution < 1.29 is 61.7 Å². The van der Waals surface area contributed by atoms with Crippen LogP contribution in [0.25, 0.3) is 0 Å². The Bertz CT molecular complexity index is 1750. The third-order valence-electron chi connectivity index (χ3n) is 15.4. The van der Waals surface area contributed by atoms with E-state index in [1.165, 1.54) is 13.2 Å². The van der Waals surface area contributed by atoms with Gasteiger partial charge in [0.2, 0.25) is 0 Å². The summed E-state index contributed by atoms with van der Waals surface area (Å²) >= 11 is 0. The number of Topliss-reactive ketones (excluding diaryl/α,β-unsaturated/α-hetero) is 1. The number of carbonyl (C=O) groups excluding carboxylic acids is 2. The van der Waals surface area contributed by atoms with Crippen molar-refractivity contribution in [2.45, 2.75) is 165 Å². The molecule has 0 bridgehead atoms. The summed E-state index contributed by atoms with van der Waals surface area (Å²) in [6, 6.07) is 4.31. The van der Waals surface area contributed by atoms with Crippen LogP contribution in [-0.4, -0.2) is 144 Å². The number of aliphatic hydroxyl groups is 1. The number of likely N-dealkylation sites (N-methyl/N-ethyl adjacent to an activating group) is 1. The van der Waals surface area contributed by atoms with Gasteiger partial charge in [-0.2, -0.15) is 0 Å². The monoisotopic (exact) mass is 889 g/mol. The number of nitrogens with one attached hydrogen (secondary N) is 1. The Kier molecular flexibility index (Phi) is 15.9. The molecule has 354 valence electrons. The van der Waals surface area contributed by atoms with Gasteiger partial charge in [-0.1, -0.05) is 26.0 Å². The van der Waals surface area contributed by atoms with Crippen LogP contribution in [0.15, 0.2) is 29.8 Å². The van der Waals surface area contributed by atoms with Crippen molar-refractivity contribution in [1.82, 2.24) is 4.90 Å². The molecular formula is C48H73FN2O12. The normalized spacial score (nSPS) is 42.3. The number of ketones is 1. The molecule has 63 heavy (non-hydrogen) atoms. The van der Waals surface area contributed by atoms with Crippen LogP contribution in [-0.2, 0) is 47.5 Å². The minimum atomic E-state index is -1.06. The number of methoxy groups -OCH3 is 4. The zero-order valence-corrected chi connectivity index (χ0v) is 38.9. The quantitative estimate of drug-likeness (QED) is 0.239. The Balaban J connectivity index is 1.22. The largest absolute Gasteiger partial charge is 0.492 e. The van der Waals surface area contributed by atoms with Crippen molar-refractivity contribution >= 4 is 17.4 Å². The standard InChI is InChI=1S/C48H73FN2O12/c1-11-27-14-12-17-37(63-39-19-18-36(51(5)6)25(3)59-39)24(2)42(53)33-22-30-29-20-28(62-48-47(58-10)46(57-9)44(55-7)26(4)60-48)21-32(29)41(43(54)40(30)31(33)23-38(52)61-27)50-35-16-13-15-34(49)45(35)56-8/h13,15-16,22,24-32,36-37,39-41,43-44,46-48,50,54H,11-12,14,17-21,23H2,1-10H3/t24-,25?,26?,27+,28+,29+,30+,31-,32-,36+,37+,39+,40-,41+,43+,44+,46?,47?,48+/m1/s1. The molecule has 14 nitrogen and oxygen atoms in total. The maximum atomic E-state index is 15.2. The van der Waals surface area contributed by atoms with Gasteiger partial charge in [-0.15, -0.1) is 0 Å². The molecule has 1 aromatic rings. The number of aliphatic hydroxyl groups excluding tert-OH is 1. The van der Waals surface area contributed by atoms with Crippen LogP contribution in [0.2, 0.25) is 0 Å². The second-order valence-electron chi connectivity index (χ2n) is 19.1. The summed E-state index contributed by atoms with van der Waals surface area (Å²) in [6.45, 7) is 7.93. The molecule has 3 saturated heterocycles. The molecular weight excluding hydrogens is 816 g/mol. The van der Waals surface area contributed by atoms with E-state index in [4.69, 9.17) is 42.6 Å². The Labute approximate surface area is 373 Å². The number of ether oxygens (including phenoxy) is 9. The van der Waals surface area contributed by atoms with Crippen LogP contribution in [0.1, 0.15) is 85.5 Å². The lowest BCUT2D eigenvalue weighted by atomic mass is 9.62. The van der Waals surface area contributed by atoms with Crippen molar-refractivity contribution in [1.29, 1.82) is 0 Å². The highest BCUT2D eigenvalue weighted by atomic mass is 19.1. The fraction of sp³-hybridized carbons (Fsp3) is 0.792. The summed E-state index contributed by atoms with van der Waals surface area (Å²) in [7, 11) is 10.4. The number of fused-ring (bicyclic) bond motifs is 5. The van der Waals surface area contributed by atoms with E-state index in [1.54, 1.807) is 33.5 Å². The van der Waals surface area contributed by atoms with Gasteiger partial charge in [-0.05, 0) is 115 Å². The number of halogens is 1. The maximum Gasteiger partial charge on any atom is 0.306 e. The first-order valence-corrected chi connectivity index (χ1v) is 23.3. The summed E-state index contributed by atoms with van der Waals surface area (Å²) in [5.74, 6) is -3.26. The average molecular weight is 889 g/mol. The molecule has 3 heterocycles. The van der Waals surface area contributed by atoms with Crippen molar-refractivity contribution in [2.24, 2.45) is 35.5 Å². The van der Waals surface area contributed by atoms with E-state index in [1.807, 2.05) is 26.8 Å². The molecule has 5 fully saturated rings. The number of cyclic esters (lactones) is 1. The summed E-state index contributed by atoms with van der Waals surface area (Å²) in [6.07, 6.45) is 2.20. The Morgan fingerprint density at radius 2 is 1.62 bits per heavy atom. The van der Waals surface area contributed by atoms with E-state index in [-0.39, 0.29) is 78.2 Å². The number of allylic oxidation sites excluding steroid dienone is 2. The van der Waals surface area contributed by atoms with Crippen molar-refractivity contribution in [3.05, 3.63) is 35.7 Å². The molecule has 2 saturated carbocycles. The third-order valence-corrected chi connectivity index (χ3v) is 15.4. The van der Waals surface area contributed by atoms with E-state index < -0.39 is 66.6 Å². The molecule has 0 radical (unpaired) electrons. The summed E-state index contributed by atoms with van der Waals surface area (Å²) in [5, 5.41) is 16.3. The number of hydrogen-bond donors (Lipinski definition) is 2. The highest BCUT2D eigenvalue weighted by molar-refractivity contribution is 5.99.